The van der Waals surface area contributed by atoms with Gasteiger partial charge in [-0.3, -0.25) is 0 Å². The SMILES string of the molecule is FCc1ccc(B(c2ccc(CF)cc2)c2ccc(CF)cc2)cc1. The van der Waals surface area contributed by atoms with Crippen molar-refractivity contribution >= 4 is 23.1 Å². The second kappa shape index (κ2) is 8.06. The Morgan fingerprint density at radius 2 is 0.680 bits per heavy atom. The number of benzene rings is 3. The number of hydrogen-bond donors (Lipinski definition) is 0. The van der Waals surface area contributed by atoms with Crippen molar-refractivity contribution in [2.45, 2.75) is 20.0 Å². The van der Waals surface area contributed by atoms with E-state index in [1.165, 1.54) is 0 Å². The lowest BCUT2D eigenvalue weighted by Crippen LogP contribution is -2.51. The summed E-state index contributed by atoms with van der Waals surface area (Å²) in [6.45, 7) is -1.57. The van der Waals surface area contributed by atoms with Crippen LogP contribution in [0.1, 0.15) is 16.7 Å². The van der Waals surface area contributed by atoms with Crippen LogP contribution in [0.3, 0.4) is 0 Å². The monoisotopic (exact) mass is 338 g/mol. The minimum Gasteiger partial charge on any atom is -0.246 e. The molecular formula is C21H18BF3. The molecule has 0 N–H and O–H groups in total. The Kier molecular flexibility index (Phi) is 5.59. The van der Waals surface area contributed by atoms with Crippen molar-refractivity contribution in [3.63, 3.8) is 0 Å². The Labute approximate surface area is 146 Å². The van der Waals surface area contributed by atoms with Crippen LogP contribution in [0.15, 0.2) is 72.8 Å². The molecule has 4 heteroatoms. The van der Waals surface area contributed by atoms with Gasteiger partial charge in [-0.25, -0.2) is 13.2 Å². The summed E-state index contributed by atoms with van der Waals surface area (Å²) in [5.41, 5.74) is 4.92. The van der Waals surface area contributed by atoms with E-state index in [1.54, 1.807) is 36.4 Å². The number of hydrogen-bond acceptors (Lipinski definition) is 0. The zero-order valence-electron chi connectivity index (χ0n) is 13.8. The molecule has 0 radical (unpaired) electrons. The Balaban J connectivity index is 2.04. The summed E-state index contributed by atoms with van der Waals surface area (Å²) >= 11 is 0. The highest BCUT2D eigenvalue weighted by Crippen LogP contribution is 2.05. The van der Waals surface area contributed by atoms with Gasteiger partial charge in [0.2, 0.25) is 6.71 Å². The van der Waals surface area contributed by atoms with Crippen LogP contribution in [0.4, 0.5) is 13.2 Å². The highest BCUT2D eigenvalue weighted by atomic mass is 19.1. The van der Waals surface area contributed by atoms with Crippen LogP contribution in [0.2, 0.25) is 0 Å². The van der Waals surface area contributed by atoms with Crippen LogP contribution < -0.4 is 16.4 Å². The molecule has 25 heavy (non-hydrogen) atoms. The summed E-state index contributed by atoms with van der Waals surface area (Å²) in [7, 11) is 0. The lowest BCUT2D eigenvalue weighted by Gasteiger charge is -2.16. The number of alkyl halides is 3. The maximum atomic E-state index is 12.8. The van der Waals surface area contributed by atoms with Crippen molar-refractivity contribution in [2.75, 3.05) is 0 Å². The second-order valence-electron chi connectivity index (χ2n) is 6.06. The first-order valence-electron chi connectivity index (χ1n) is 8.19. The molecule has 0 bridgehead atoms. The van der Waals surface area contributed by atoms with Crippen molar-refractivity contribution in [1.29, 1.82) is 0 Å². The smallest absolute Gasteiger partial charge is 0.241 e. The average molecular weight is 338 g/mol. The summed E-state index contributed by atoms with van der Waals surface area (Å²) in [6.07, 6.45) is 0. The molecule has 0 amide bonds. The topological polar surface area (TPSA) is 0 Å². The maximum Gasteiger partial charge on any atom is 0.241 e. The Morgan fingerprint density at radius 3 is 0.880 bits per heavy atom. The molecule has 3 aromatic carbocycles. The molecular weight excluding hydrogens is 320 g/mol. The zero-order valence-corrected chi connectivity index (χ0v) is 13.8. The van der Waals surface area contributed by atoms with Crippen LogP contribution in [-0.2, 0) is 20.0 Å². The highest BCUT2D eigenvalue weighted by Gasteiger charge is 2.21. The van der Waals surface area contributed by atoms with Gasteiger partial charge in [0.25, 0.3) is 0 Å². The van der Waals surface area contributed by atoms with Crippen LogP contribution in [0.5, 0.6) is 0 Å². The number of halogens is 3. The predicted molar refractivity (Wildman–Crippen MR) is 98.4 cm³/mol. The van der Waals surface area contributed by atoms with E-state index in [0.717, 1.165) is 16.4 Å². The molecule has 0 nitrogen and oxygen atoms in total. The first-order valence-corrected chi connectivity index (χ1v) is 8.19. The van der Waals surface area contributed by atoms with Crippen molar-refractivity contribution in [3.8, 4) is 0 Å². The molecule has 0 saturated carbocycles. The van der Waals surface area contributed by atoms with Gasteiger partial charge in [0.05, 0.1) is 0 Å². The Morgan fingerprint density at radius 1 is 0.440 bits per heavy atom. The Hall–Kier alpha value is -2.49. The van der Waals surface area contributed by atoms with Gasteiger partial charge in [0.1, 0.15) is 20.0 Å². The third kappa shape index (κ3) is 3.96. The van der Waals surface area contributed by atoms with Crippen molar-refractivity contribution in [1.82, 2.24) is 0 Å². The van der Waals surface area contributed by atoms with Gasteiger partial charge in [-0.15, -0.1) is 0 Å². The molecule has 126 valence electrons. The van der Waals surface area contributed by atoms with Crippen LogP contribution in [0.25, 0.3) is 0 Å². The molecule has 0 spiro atoms. The van der Waals surface area contributed by atoms with Crippen LogP contribution in [0, 0.1) is 0 Å². The molecule has 0 heterocycles. The summed E-state index contributed by atoms with van der Waals surface area (Å²) in [5.74, 6) is 0. The molecule has 0 fully saturated rings. The maximum absolute atomic E-state index is 12.8. The summed E-state index contributed by atoms with van der Waals surface area (Å²) in [4.78, 5) is 0. The van der Waals surface area contributed by atoms with Crippen molar-refractivity contribution in [2.24, 2.45) is 0 Å². The third-order valence-electron chi connectivity index (χ3n) is 4.40. The minimum absolute atomic E-state index is 0.0732. The fourth-order valence-corrected chi connectivity index (χ4v) is 2.97. The van der Waals surface area contributed by atoms with Gasteiger partial charge in [-0.2, -0.15) is 0 Å². The fourth-order valence-electron chi connectivity index (χ4n) is 2.97. The van der Waals surface area contributed by atoms with E-state index in [9.17, 15) is 13.2 Å². The van der Waals surface area contributed by atoms with E-state index in [4.69, 9.17) is 0 Å². The molecule has 0 unspecified atom stereocenters. The molecule has 0 aromatic heterocycles. The third-order valence-corrected chi connectivity index (χ3v) is 4.40. The first-order chi connectivity index (χ1) is 12.2. The molecule has 3 aromatic rings. The van der Waals surface area contributed by atoms with Gasteiger partial charge < -0.3 is 0 Å². The van der Waals surface area contributed by atoms with Gasteiger partial charge in [-0.1, -0.05) is 89.2 Å². The quantitative estimate of drug-likeness (QED) is 0.603. The Bertz CT molecular complexity index is 683. The summed E-state index contributed by atoms with van der Waals surface area (Å²) in [5, 5.41) is 0. The molecule has 0 aliphatic carbocycles. The standard InChI is InChI=1S/C21H18BF3/c23-13-16-1-7-19(8-2-16)22(20-9-3-17(14-24)4-10-20)21-11-5-18(15-25)6-12-21/h1-12H,13-15H2. The van der Waals surface area contributed by atoms with Crippen LogP contribution in [-0.4, -0.2) is 6.71 Å². The van der Waals surface area contributed by atoms with E-state index in [2.05, 4.69) is 0 Å². The lowest BCUT2D eigenvalue weighted by molar-refractivity contribution is 0.485. The second-order valence-corrected chi connectivity index (χ2v) is 6.06. The molecule has 0 aliphatic rings. The van der Waals surface area contributed by atoms with E-state index < -0.39 is 20.0 Å². The predicted octanol–water partition coefficient (Wildman–Crippen LogP) is 3.61. The van der Waals surface area contributed by atoms with Gasteiger partial charge in [0.15, 0.2) is 0 Å². The van der Waals surface area contributed by atoms with E-state index in [1.807, 2.05) is 36.4 Å². The normalized spacial score (nSPS) is 10.7. The molecule has 3 rings (SSSR count). The van der Waals surface area contributed by atoms with Gasteiger partial charge in [-0.05, 0) is 16.7 Å². The summed E-state index contributed by atoms with van der Waals surface area (Å²) in [6, 6.07) is 22.1. The summed E-state index contributed by atoms with van der Waals surface area (Å²) < 4.78 is 38.4. The molecule has 0 aliphatic heterocycles. The van der Waals surface area contributed by atoms with Crippen molar-refractivity contribution in [3.05, 3.63) is 89.5 Å². The lowest BCUT2D eigenvalue weighted by atomic mass is 9.37. The first kappa shape index (κ1) is 17.3. The average Bonchev–Trinajstić information content (AvgIpc) is 2.70. The fraction of sp³-hybridized carbons (Fsp3) is 0.143. The van der Waals surface area contributed by atoms with Gasteiger partial charge >= 0.3 is 0 Å². The molecule has 0 atom stereocenters. The van der Waals surface area contributed by atoms with Crippen molar-refractivity contribution < 1.29 is 13.2 Å². The highest BCUT2D eigenvalue weighted by molar-refractivity contribution is 6.95. The van der Waals surface area contributed by atoms with E-state index in [0.29, 0.717) is 16.7 Å². The van der Waals surface area contributed by atoms with Gasteiger partial charge in [0, 0.05) is 0 Å². The zero-order chi connectivity index (χ0) is 17.6. The largest absolute Gasteiger partial charge is 0.246 e. The number of rotatable bonds is 6. The van der Waals surface area contributed by atoms with Crippen LogP contribution >= 0.6 is 0 Å². The van der Waals surface area contributed by atoms with E-state index >= 15 is 0 Å². The molecule has 0 saturated heterocycles. The van der Waals surface area contributed by atoms with E-state index in [-0.39, 0.29) is 6.71 Å². The minimum atomic E-state index is -0.499.